The molecule has 1 N–H and O–H groups in total. The van der Waals surface area contributed by atoms with Crippen LogP contribution < -0.4 is 10.1 Å². The lowest BCUT2D eigenvalue weighted by molar-refractivity contribution is 0.0927. The van der Waals surface area contributed by atoms with Crippen molar-refractivity contribution in [2.24, 2.45) is 4.99 Å². The number of benzene rings is 1. The standard InChI is InChI=1S/C22H26N2O4/c1-14-12-16-8-9-22(3,4)17(16)13-19(14)28-20-7-6-18(27-20)21(25)24-11-10-23-15(2)26-5/h6-7,10,12-13H,2,8-9,11H2,1,3-5H3,(H,24,25)/b23-10-. The van der Waals surface area contributed by atoms with Crippen LogP contribution in [0.4, 0.5) is 0 Å². The van der Waals surface area contributed by atoms with Gasteiger partial charge in [0.15, 0.2) is 5.76 Å². The highest BCUT2D eigenvalue weighted by atomic mass is 16.6. The minimum absolute atomic E-state index is 0.144. The van der Waals surface area contributed by atoms with Gasteiger partial charge in [-0.2, -0.15) is 0 Å². The predicted octanol–water partition coefficient (Wildman–Crippen LogP) is 4.52. The van der Waals surface area contributed by atoms with Crippen molar-refractivity contribution >= 4 is 12.1 Å². The molecule has 1 aromatic carbocycles. The Morgan fingerprint density at radius 2 is 2.18 bits per heavy atom. The van der Waals surface area contributed by atoms with Crippen LogP contribution in [-0.2, 0) is 16.6 Å². The third-order valence-electron chi connectivity index (χ3n) is 4.99. The molecule has 0 fully saturated rings. The van der Waals surface area contributed by atoms with Crippen LogP contribution in [0.3, 0.4) is 0 Å². The second-order valence-electron chi connectivity index (χ2n) is 7.50. The molecule has 0 radical (unpaired) electrons. The van der Waals surface area contributed by atoms with Crippen LogP contribution in [0, 0.1) is 6.92 Å². The molecule has 2 aromatic rings. The Bertz CT molecular complexity index is 925. The maximum atomic E-state index is 12.2. The summed E-state index contributed by atoms with van der Waals surface area (Å²) in [6.07, 6.45) is 3.73. The summed E-state index contributed by atoms with van der Waals surface area (Å²) in [5.41, 5.74) is 3.89. The normalized spacial score (nSPS) is 14.7. The summed E-state index contributed by atoms with van der Waals surface area (Å²) in [5.74, 6) is 1.13. The predicted molar refractivity (Wildman–Crippen MR) is 108 cm³/mol. The van der Waals surface area contributed by atoms with E-state index in [1.54, 1.807) is 12.1 Å². The second kappa shape index (κ2) is 7.92. The largest absolute Gasteiger partial charge is 0.481 e. The first-order chi connectivity index (χ1) is 13.3. The summed E-state index contributed by atoms with van der Waals surface area (Å²) in [7, 11) is 1.48. The number of aliphatic imine (C=N–C) groups is 1. The van der Waals surface area contributed by atoms with Crippen molar-refractivity contribution in [1.82, 2.24) is 5.32 Å². The van der Waals surface area contributed by atoms with E-state index in [0.29, 0.717) is 0 Å². The van der Waals surface area contributed by atoms with Crippen LogP contribution in [0.5, 0.6) is 11.7 Å². The van der Waals surface area contributed by atoms with E-state index < -0.39 is 0 Å². The van der Waals surface area contributed by atoms with Crippen molar-refractivity contribution in [3.05, 3.63) is 59.2 Å². The highest BCUT2D eigenvalue weighted by molar-refractivity contribution is 5.92. The van der Waals surface area contributed by atoms with Crippen molar-refractivity contribution in [2.75, 3.05) is 13.7 Å². The molecule has 3 rings (SSSR count). The van der Waals surface area contributed by atoms with Gasteiger partial charge in [-0.15, -0.1) is 0 Å². The summed E-state index contributed by atoms with van der Waals surface area (Å²) in [4.78, 5) is 16.1. The summed E-state index contributed by atoms with van der Waals surface area (Å²) in [5, 5.41) is 2.68. The van der Waals surface area contributed by atoms with Crippen LogP contribution in [0.1, 0.15) is 47.5 Å². The van der Waals surface area contributed by atoms with E-state index in [1.807, 2.05) is 6.92 Å². The minimum Gasteiger partial charge on any atom is -0.481 e. The molecule has 1 amide bonds. The Balaban J connectivity index is 1.66. The molecule has 6 heteroatoms. The number of hydrogen-bond donors (Lipinski definition) is 1. The number of nitrogens with zero attached hydrogens (tertiary/aromatic N) is 1. The van der Waals surface area contributed by atoms with E-state index in [0.717, 1.165) is 24.2 Å². The molecule has 0 spiro atoms. The molecule has 0 saturated carbocycles. The number of methoxy groups -OCH3 is 1. The Morgan fingerprint density at radius 1 is 1.39 bits per heavy atom. The third kappa shape index (κ3) is 4.27. The van der Waals surface area contributed by atoms with E-state index in [1.165, 1.54) is 24.5 Å². The summed E-state index contributed by atoms with van der Waals surface area (Å²) in [6.45, 7) is 10.3. The first-order valence-corrected chi connectivity index (χ1v) is 9.25. The van der Waals surface area contributed by atoms with Gasteiger partial charge in [-0.1, -0.05) is 19.9 Å². The minimum atomic E-state index is -0.351. The van der Waals surface area contributed by atoms with E-state index in [-0.39, 0.29) is 35.5 Å². The van der Waals surface area contributed by atoms with Crippen LogP contribution in [0.15, 0.2) is 46.1 Å². The number of amides is 1. The van der Waals surface area contributed by atoms with Gasteiger partial charge in [0.2, 0.25) is 5.88 Å². The van der Waals surface area contributed by atoms with Gasteiger partial charge >= 0.3 is 0 Å². The molecule has 1 heterocycles. The second-order valence-corrected chi connectivity index (χ2v) is 7.50. The molecule has 6 nitrogen and oxygen atoms in total. The van der Waals surface area contributed by atoms with Gasteiger partial charge in [-0.3, -0.25) is 4.79 Å². The van der Waals surface area contributed by atoms with Gasteiger partial charge in [-0.05, 0) is 60.6 Å². The van der Waals surface area contributed by atoms with Gasteiger partial charge in [0.25, 0.3) is 11.9 Å². The number of ether oxygens (including phenoxy) is 2. The zero-order valence-corrected chi connectivity index (χ0v) is 16.8. The van der Waals surface area contributed by atoms with Crippen molar-refractivity contribution in [2.45, 2.75) is 39.0 Å². The van der Waals surface area contributed by atoms with Crippen molar-refractivity contribution < 1.29 is 18.7 Å². The first-order valence-electron chi connectivity index (χ1n) is 9.25. The van der Waals surface area contributed by atoms with Crippen molar-refractivity contribution in [1.29, 1.82) is 0 Å². The Labute approximate surface area is 165 Å². The SMILES string of the molecule is C=C(/N=C\CNC(=O)c1ccc(Oc2cc3c(cc2C)CCC3(C)C)o1)OC. The van der Waals surface area contributed by atoms with Crippen LogP contribution in [-0.4, -0.2) is 25.8 Å². The summed E-state index contributed by atoms with van der Waals surface area (Å²) < 4.78 is 16.3. The molecule has 0 saturated heterocycles. The number of aryl methyl sites for hydroxylation is 2. The Hall–Kier alpha value is -3.02. The van der Waals surface area contributed by atoms with Gasteiger partial charge < -0.3 is 19.2 Å². The van der Waals surface area contributed by atoms with E-state index in [4.69, 9.17) is 13.9 Å². The molecule has 0 atom stereocenters. The van der Waals surface area contributed by atoms with E-state index in [2.05, 4.69) is 42.9 Å². The topological polar surface area (TPSA) is 73.1 Å². The van der Waals surface area contributed by atoms with Crippen molar-refractivity contribution in [3.63, 3.8) is 0 Å². The molecule has 0 aliphatic heterocycles. The van der Waals surface area contributed by atoms with Crippen LogP contribution in [0.2, 0.25) is 0 Å². The quantitative estimate of drug-likeness (QED) is 0.564. The average Bonchev–Trinajstić information content (AvgIpc) is 3.24. The third-order valence-corrected chi connectivity index (χ3v) is 4.99. The molecule has 1 aliphatic rings. The summed E-state index contributed by atoms with van der Waals surface area (Å²) in [6, 6.07) is 7.51. The molecule has 1 aromatic heterocycles. The lowest BCUT2D eigenvalue weighted by Crippen LogP contribution is -2.24. The van der Waals surface area contributed by atoms with Gasteiger partial charge in [-0.25, -0.2) is 4.99 Å². The number of fused-ring (bicyclic) bond motifs is 1. The fourth-order valence-corrected chi connectivity index (χ4v) is 3.31. The van der Waals surface area contributed by atoms with Gasteiger partial charge in [0.05, 0.1) is 13.7 Å². The maximum Gasteiger partial charge on any atom is 0.290 e. The fourth-order valence-electron chi connectivity index (χ4n) is 3.31. The molecule has 1 aliphatic carbocycles. The monoisotopic (exact) mass is 382 g/mol. The van der Waals surface area contributed by atoms with Crippen LogP contribution in [0.25, 0.3) is 0 Å². The maximum absolute atomic E-state index is 12.2. The first kappa shape index (κ1) is 19.7. The molecule has 28 heavy (non-hydrogen) atoms. The highest BCUT2D eigenvalue weighted by Gasteiger charge is 2.30. The van der Waals surface area contributed by atoms with Gasteiger partial charge in [0.1, 0.15) is 5.75 Å². The number of rotatable bonds is 7. The van der Waals surface area contributed by atoms with Gasteiger partial charge in [0, 0.05) is 12.3 Å². The number of carbonyl (C=O) groups is 1. The molecular formula is C22H26N2O4. The van der Waals surface area contributed by atoms with E-state index >= 15 is 0 Å². The summed E-state index contributed by atoms with van der Waals surface area (Å²) >= 11 is 0. The lowest BCUT2D eigenvalue weighted by atomic mass is 9.86. The Morgan fingerprint density at radius 3 is 2.93 bits per heavy atom. The highest BCUT2D eigenvalue weighted by Crippen LogP contribution is 2.42. The molecule has 0 bridgehead atoms. The zero-order valence-electron chi connectivity index (χ0n) is 16.8. The zero-order chi connectivity index (χ0) is 20.3. The number of hydrogen-bond acceptors (Lipinski definition) is 5. The molecular weight excluding hydrogens is 356 g/mol. The lowest BCUT2D eigenvalue weighted by Gasteiger charge is -2.20. The average molecular weight is 382 g/mol. The molecule has 148 valence electrons. The number of carbonyl (C=O) groups excluding carboxylic acids is 1. The van der Waals surface area contributed by atoms with Crippen molar-refractivity contribution in [3.8, 4) is 11.7 Å². The Kier molecular flexibility index (Phi) is 5.58. The fraction of sp³-hybridized carbons (Fsp3) is 0.364. The van der Waals surface area contributed by atoms with Crippen LogP contribution >= 0.6 is 0 Å². The number of nitrogens with one attached hydrogen (secondary N) is 1. The smallest absolute Gasteiger partial charge is 0.290 e. The number of furan rings is 1. The molecule has 0 unspecified atom stereocenters. The van der Waals surface area contributed by atoms with E-state index in [9.17, 15) is 4.79 Å².